The number of hydrogen-bond acceptors (Lipinski definition) is 2. The van der Waals surface area contributed by atoms with Gasteiger partial charge >= 0.3 is 0 Å². The van der Waals surface area contributed by atoms with Gasteiger partial charge in [0.25, 0.3) is 11.1 Å². The lowest BCUT2D eigenvalue weighted by atomic mass is 9.81. The minimum absolute atomic E-state index is 0.0923. The molecule has 9 rings (SSSR count). The van der Waals surface area contributed by atoms with Gasteiger partial charge in [-0.15, -0.1) is 0 Å². The van der Waals surface area contributed by atoms with Gasteiger partial charge in [0.2, 0.25) is 0 Å². The predicted octanol–water partition coefficient (Wildman–Crippen LogP) is 9.20. The van der Waals surface area contributed by atoms with Crippen LogP contribution in [0.4, 0.5) is 0 Å². The molecule has 54 heavy (non-hydrogen) atoms. The molecule has 0 fully saturated rings. The molecule has 0 bridgehead atoms. The van der Waals surface area contributed by atoms with Gasteiger partial charge in [0.05, 0.1) is 22.5 Å². The van der Waals surface area contributed by atoms with Crippen LogP contribution < -0.4 is 11.1 Å². The van der Waals surface area contributed by atoms with Crippen LogP contribution in [0, 0.1) is 27.7 Å². The Bertz CT molecular complexity index is 2730. The number of aromatic amines is 4. The predicted molar refractivity (Wildman–Crippen MR) is 217 cm³/mol. The first-order valence-corrected chi connectivity index (χ1v) is 18.3. The molecule has 0 spiro atoms. The second-order valence-corrected chi connectivity index (χ2v) is 14.4. The first-order chi connectivity index (χ1) is 26.3. The lowest BCUT2D eigenvalue weighted by Gasteiger charge is -2.20. The van der Waals surface area contributed by atoms with Crippen LogP contribution in [0.2, 0.25) is 0 Å². The largest absolute Gasteiger partial charge is 0.361 e. The lowest BCUT2D eigenvalue weighted by molar-refractivity contribution is 0.830. The van der Waals surface area contributed by atoms with Crippen molar-refractivity contribution in [3.63, 3.8) is 0 Å². The van der Waals surface area contributed by atoms with E-state index >= 15 is 0 Å². The average Bonchev–Trinajstić information content (AvgIpc) is 3.95. The molecule has 0 radical (unpaired) electrons. The number of H-pyrrole nitrogens is 4. The van der Waals surface area contributed by atoms with Crippen LogP contribution in [0.25, 0.3) is 33.2 Å². The molecule has 8 heteroatoms. The monoisotopic (exact) mass is 708 g/mol. The van der Waals surface area contributed by atoms with Crippen molar-refractivity contribution in [2.75, 3.05) is 0 Å². The van der Waals surface area contributed by atoms with Crippen molar-refractivity contribution < 1.29 is 0 Å². The van der Waals surface area contributed by atoms with Gasteiger partial charge in [0, 0.05) is 57.4 Å². The number of aromatic nitrogens is 6. The second-order valence-electron chi connectivity index (χ2n) is 14.4. The molecule has 5 aromatic carbocycles. The number of nitrogens with zero attached hydrogens (tertiary/aromatic N) is 2. The second kappa shape index (κ2) is 13.0. The number of hydrogen-bond donors (Lipinski definition) is 4. The fraction of sp³-hybridized carbons (Fsp3) is 0.130. The number of fused-ring (bicyclic) bond motifs is 2. The van der Waals surface area contributed by atoms with Crippen molar-refractivity contribution in [2.24, 2.45) is 0 Å². The van der Waals surface area contributed by atoms with E-state index in [-0.39, 0.29) is 17.0 Å². The molecule has 4 aromatic heterocycles. The summed E-state index contributed by atoms with van der Waals surface area (Å²) in [6, 6.07) is 40.9. The molecule has 8 nitrogen and oxygen atoms in total. The van der Waals surface area contributed by atoms with Gasteiger partial charge in [-0.2, -0.15) is 0 Å². The van der Waals surface area contributed by atoms with Gasteiger partial charge in [-0.3, -0.25) is 19.8 Å². The zero-order valence-electron chi connectivity index (χ0n) is 30.6. The first kappa shape index (κ1) is 33.1. The van der Waals surface area contributed by atoms with E-state index in [1.807, 2.05) is 88.4 Å². The van der Waals surface area contributed by atoms with Gasteiger partial charge in [-0.25, -0.2) is 9.36 Å². The SMILES string of the molecule is Cc1ccc(-n2[nH]c(C)c(C(c3ccc(C(c4c[nH]c5ccccc45)c4c[nH]c5ccccc45)cc3)c3c(C)[nH]n(-c4ccc(C)cc4)c3=O)c2=O)cc1. The summed E-state index contributed by atoms with van der Waals surface area (Å²) in [5, 5.41) is 8.98. The zero-order valence-corrected chi connectivity index (χ0v) is 30.6. The molecule has 0 saturated carbocycles. The highest BCUT2D eigenvalue weighted by molar-refractivity contribution is 5.89. The lowest BCUT2D eigenvalue weighted by Crippen LogP contribution is -2.25. The topological polar surface area (TPSA) is 107 Å². The molecule has 0 aliphatic rings. The molecule has 4 N–H and O–H groups in total. The third kappa shape index (κ3) is 5.46. The van der Waals surface area contributed by atoms with Crippen LogP contribution in [-0.2, 0) is 0 Å². The number of benzene rings is 5. The Morgan fingerprint density at radius 1 is 0.463 bits per heavy atom. The molecule has 0 unspecified atom stereocenters. The third-order valence-electron chi connectivity index (χ3n) is 10.9. The molecule has 0 aliphatic carbocycles. The van der Waals surface area contributed by atoms with Gasteiger partial charge in [-0.1, -0.05) is 96.1 Å². The van der Waals surface area contributed by atoms with Crippen LogP contribution >= 0.6 is 0 Å². The first-order valence-electron chi connectivity index (χ1n) is 18.3. The maximum absolute atomic E-state index is 14.5. The van der Waals surface area contributed by atoms with Crippen molar-refractivity contribution in [1.82, 2.24) is 29.5 Å². The Kier molecular flexibility index (Phi) is 7.96. The van der Waals surface area contributed by atoms with Gasteiger partial charge in [-0.05, 0) is 86.3 Å². The van der Waals surface area contributed by atoms with Crippen molar-refractivity contribution >= 4 is 21.8 Å². The van der Waals surface area contributed by atoms with Crippen molar-refractivity contribution in [3.8, 4) is 11.4 Å². The molecule has 266 valence electrons. The maximum Gasteiger partial charge on any atom is 0.275 e. The Morgan fingerprint density at radius 2 is 0.852 bits per heavy atom. The molecular formula is C46H40N6O2. The third-order valence-corrected chi connectivity index (χ3v) is 10.9. The maximum atomic E-state index is 14.5. The Hall–Kier alpha value is -6.80. The van der Waals surface area contributed by atoms with Crippen molar-refractivity contribution in [1.29, 1.82) is 0 Å². The summed E-state index contributed by atoms with van der Waals surface area (Å²) in [5.74, 6) is -0.741. The average molecular weight is 709 g/mol. The van der Waals surface area contributed by atoms with E-state index in [2.05, 4.69) is 93.2 Å². The Morgan fingerprint density at radius 3 is 1.28 bits per heavy atom. The summed E-state index contributed by atoms with van der Waals surface area (Å²) in [4.78, 5) is 36.1. The molecule has 0 aliphatic heterocycles. The summed E-state index contributed by atoms with van der Waals surface area (Å²) >= 11 is 0. The number of rotatable bonds is 8. The summed E-state index contributed by atoms with van der Waals surface area (Å²) < 4.78 is 3.16. The van der Waals surface area contributed by atoms with Gasteiger partial charge in [0.15, 0.2) is 0 Å². The van der Waals surface area contributed by atoms with Crippen molar-refractivity contribution in [2.45, 2.75) is 39.5 Å². The molecule has 0 saturated heterocycles. The van der Waals surface area contributed by atoms with Crippen molar-refractivity contribution in [3.05, 3.63) is 210 Å². The highest BCUT2D eigenvalue weighted by Gasteiger charge is 2.32. The molecule has 4 heterocycles. The van der Waals surface area contributed by atoms with Crippen LogP contribution in [0.3, 0.4) is 0 Å². The number of aryl methyl sites for hydroxylation is 4. The van der Waals surface area contributed by atoms with E-state index in [0.717, 1.165) is 55.4 Å². The van der Waals surface area contributed by atoms with E-state index < -0.39 is 5.92 Å². The zero-order chi connectivity index (χ0) is 37.1. The molecule has 0 atom stereocenters. The fourth-order valence-corrected chi connectivity index (χ4v) is 8.10. The standard InChI is InChI=1S/C46H40N6O2/c1-27-13-21-33(22-14-27)51-45(53)41(29(3)49-51)44(42-30(4)50-52(46(42)54)34-23-15-28(2)16-24-34)32-19-17-31(18-20-32)43(37-25-47-39-11-7-5-9-35(37)39)38-26-48-40-12-8-6-10-36(38)40/h5-26,43-44,47-50H,1-4H3. The van der Waals surface area contributed by atoms with E-state index in [1.54, 1.807) is 9.36 Å². The van der Waals surface area contributed by atoms with Crippen LogP contribution in [-0.4, -0.2) is 29.5 Å². The Balaban J connectivity index is 1.23. The summed E-state index contributed by atoms with van der Waals surface area (Å²) in [6.07, 6.45) is 4.22. The fourth-order valence-electron chi connectivity index (χ4n) is 8.10. The van der Waals surface area contributed by atoms with E-state index in [0.29, 0.717) is 22.5 Å². The number of para-hydroxylation sites is 2. The minimum atomic E-state index is -0.649. The van der Waals surface area contributed by atoms with Crippen LogP contribution in [0.5, 0.6) is 0 Å². The van der Waals surface area contributed by atoms with Crippen LogP contribution in [0.1, 0.15) is 67.7 Å². The highest BCUT2D eigenvalue weighted by atomic mass is 16.1. The molecule has 9 aromatic rings. The van der Waals surface area contributed by atoms with Gasteiger partial charge in [0.1, 0.15) is 0 Å². The normalized spacial score (nSPS) is 11.8. The Labute approximate surface area is 311 Å². The number of nitrogens with one attached hydrogen (secondary N) is 4. The molecular weight excluding hydrogens is 669 g/mol. The summed E-state index contributed by atoms with van der Waals surface area (Å²) in [5.41, 5.74) is 12.2. The van der Waals surface area contributed by atoms with E-state index in [4.69, 9.17) is 0 Å². The quantitative estimate of drug-likeness (QED) is 0.126. The molecule has 0 amide bonds. The highest BCUT2D eigenvalue weighted by Crippen LogP contribution is 2.41. The minimum Gasteiger partial charge on any atom is -0.361 e. The van der Waals surface area contributed by atoms with Crippen LogP contribution in [0.15, 0.2) is 143 Å². The summed E-state index contributed by atoms with van der Waals surface area (Å²) in [6.45, 7) is 7.86. The van der Waals surface area contributed by atoms with Gasteiger partial charge < -0.3 is 9.97 Å². The summed E-state index contributed by atoms with van der Waals surface area (Å²) in [7, 11) is 0. The van der Waals surface area contributed by atoms with E-state index in [9.17, 15) is 9.59 Å². The smallest absolute Gasteiger partial charge is 0.275 e. The van der Waals surface area contributed by atoms with E-state index in [1.165, 1.54) is 11.1 Å².